The third kappa shape index (κ3) is 3.87. The molecule has 0 aliphatic heterocycles. The minimum Gasteiger partial charge on any atom is -0.469 e. The molecule has 2 aromatic rings. The Morgan fingerprint density at radius 3 is 2.73 bits per heavy atom. The van der Waals surface area contributed by atoms with E-state index in [1.807, 2.05) is 10.8 Å². The fourth-order valence-electron chi connectivity index (χ4n) is 1.71. The first-order chi connectivity index (χ1) is 10.4. The quantitative estimate of drug-likeness (QED) is 0.901. The van der Waals surface area contributed by atoms with Crippen LogP contribution < -0.4 is 4.72 Å². The number of sulfonamides is 1. The second kappa shape index (κ2) is 6.64. The van der Waals surface area contributed by atoms with Crippen LogP contribution in [-0.4, -0.2) is 14.3 Å². The normalized spacial score (nSPS) is 10.9. The molecule has 6 nitrogen and oxygen atoms in total. The predicted molar refractivity (Wildman–Crippen MR) is 78.5 cm³/mol. The van der Waals surface area contributed by atoms with Crippen LogP contribution in [0.25, 0.3) is 0 Å². The van der Waals surface area contributed by atoms with Gasteiger partial charge in [0, 0.05) is 12.8 Å². The van der Waals surface area contributed by atoms with Crippen molar-refractivity contribution < 1.29 is 17.6 Å². The van der Waals surface area contributed by atoms with Gasteiger partial charge in [-0.3, -0.25) is 4.79 Å². The van der Waals surface area contributed by atoms with Crippen LogP contribution in [0.5, 0.6) is 0 Å². The molecule has 2 rings (SSSR count). The molecular weight excluding hydrogens is 328 g/mol. The Bertz CT molecular complexity index is 823. The number of nitrogens with zero attached hydrogens (tertiary/aromatic N) is 1. The standard InChI is InChI=1S/C14H11ClN2O4S/c15-13-8-12(5-3-10(13)9-16)22(19,20)17-14(18)6-4-11-2-1-7-21-11/h1-3,5,7-8H,4,6H2,(H,17,18). The summed E-state index contributed by atoms with van der Waals surface area (Å²) in [6, 6.07) is 8.83. The van der Waals surface area contributed by atoms with Crippen molar-refractivity contribution in [1.29, 1.82) is 5.26 Å². The Hall–Kier alpha value is -2.30. The molecule has 1 aromatic heterocycles. The van der Waals surface area contributed by atoms with Gasteiger partial charge in [0.15, 0.2) is 0 Å². The van der Waals surface area contributed by atoms with Crippen LogP contribution in [0.1, 0.15) is 17.7 Å². The van der Waals surface area contributed by atoms with E-state index in [1.165, 1.54) is 18.4 Å². The fourth-order valence-corrected chi connectivity index (χ4v) is 3.03. The Labute approximate surface area is 132 Å². The molecule has 114 valence electrons. The van der Waals surface area contributed by atoms with E-state index in [4.69, 9.17) is 21.3 Å². The number of nitrogens with one attached hydrogen (secondary N) is 1. The first-order valence-corrected chi connectivity index (χ1v) is 8.06. The van der Waals surface area contributed by atoms with Gasteiger partial charge in [0.25, 0.3) is 10.0 Å². The monoisotopic (exact) mass is 338 g/mol. The predicted octanol–water partition coefficient (Wildman–Crippen LogP) is 2.24. The summed E-state index contributed by atoms with van der Waals surface area (Å²) in [5.74, 6) is -0.0640. The Balaban J connectivity index is 2.05. The van der Waals surface area contributed by atoms with Gasteiger partial charge in [-0.05, 0) is 30.3 Å². The number of benzene rings is 1. The second-order valence-electron chi connectivity index (χ2n) is 4.36. The maximum Gasteiger partial charge on any atom is 0.264 e. The van der Waals surface area contributed by atoms with Crippen molar-refractivity contribution >= 4 is 27.5 Å². The zero-order chi connectivity index (χ0) is 16.2. The summed E-state index contributed by atoms with van der Waals surface area (Å²) in [4.78, 5) is 11.5. The SMILES string of the molecule is N#Cc1ccc(S(=O)(=O)NC(=O)CCc2ccco2)cc1Cl. The summed E-state index contributed by atoms with van der Waals surface area (Å²) in [5.41, 5.74) is 0.157. The number of aryl methyl sites for hydroxylation is 1. The summed E-state index contributed by atoms with van der Waals surface area (Å²) < 4.78 is 31.1. The molecule has 1 aromatic carbocycles. The van der Waals surface area contributed by atoms with E-state index in [0.29, 0.717) is 12.2 Å². The molecule has 22 heavy (non-hydrogen) atoms. The number of carbonyl (C=O) groups is 1. The lowest BCUT2D eigenvalue weighted by Crippen LogP contribution is -2.30. The zero-order valence-corrected chi connectivity index (χ0v) is 12.8. The number of halogens is 1. The number of hydrogen-bond acceptors (Lipinski definition) is 5. The minimum absolute atomic E-state index is 0.00779. The van der Waals surface area contributed by atoms with Crippen LogP contribution in [-0.2, 0) is 21.2 Å². The number of hydrogen-bond donors (Lipinski definition) is 1. The van der Waals surface area contributed by atoms with Crippen molar-refractivity contribution in [2.75, 3.05) is 0 Å². The van der Waals surface area contributed by atoms with Crippen molar-refractivity contribution in [3.8, 4) is 6.07 Å². The summed E-state index contributed by atoms with van der Waals surface area (Å²) in [7, 11) is -4.02. The molecule has 1 heterocycles. The Morgan fingerprint density at radius 1 is 1.36 bits per heavy atom. The molecule has 0 bridgehead atoms. The van der Waals surface area contributed by atoms with Gasteiger partial charge in [-0.2, -0.15) is 5.26 Å². The van der Waals surface area contributed by atoms with Crippen LogP contribution in [0.4, 0.5) is 0 Å². The fraction of sp³-hybridized carbons (Fsp3) is 0.143. The van der Waals surface area contributed by atoms with Crippen LogP contribution in [0.2, 0.25) is 5.02 Å². The van der Waals surface area contributed by atoms with E-state index in [1.54, 1.807) is 12.1 Å². The van der Waals surface area contributed by atoms with Crippen molar-refractivity contribution in [2.45, 2.75) is 17.7 Å². The largest absolute Gasteiger partial charge is 0.469 e. The highest BCUT2D eigenvalue weighted by Crippen LogP contribution is 2.20. The number of carbonyl (C=O) groups excluding carboxylic acids is 1. The van der Waals surface area contributed by atoms with Gasteiger partial charge in [0.2, 0.25) is 5.91 Å². The molecule has 0 aliphatic carbocycles. The van der Waals surface area contributed by atoms with E-state index in [-0.39, 0.29) is 21.9 Å². The van der Waals surface area contributed by atoms with E-state index in [0.717, 1.165) is 6.07 Å². The third-order valence-electron chi connectivity index (χ3n) is 2.80. The number of nitriles is 1. The topological polar surface area (TPSA) is 100 Å². The molecule has 0 spiro atoms. The van der Waals surface area contributed by atoms with Gasteiger partial charge >= 0.3 is 0 Å². The smallest absolute Gasteiger partial charge is 0.264 e. The Kier molecular flexibility index (Phi) is 4.85. The lowest BCUT2D eigenvalue weighted by atomic mass is 10.2. The molecule has 1 amide bonds. The van der Waals surface area contributed by atoms with Crippen molar-refractivity contribution in [3.63, 3.8) is 0 Å². The molecule has 8 heteroatoms. The van der Waals surface area contributed by atoms with E-state index in [9.17, 15) is 13.2 Å². The maximum atomic E-state index is 12.1. The van der Waals surface area contributed by atoms with Gasteiger partial charge in [-0.1, -0.05) is 11.6 Å². The van der Waals surface area contributed by atoms with Crippen molar-refractivity contribution in [1.82, 2.24) is 4.72 Å². The molecule has 0 fully saturated rings. The first-order valence-electron chi connectivity index (χ1n) is 6.20. The summed E-state index contributed by atoms with van der Waals surface area (Å²) >= 11 is 5.79. The average molecular weight is 339 g/mol. The second-order valence-corrected chi connectivity index (χ2v) is 6.45. The first kappa shape index (κ1) is 16.1. The third-order valence-corrected chi connectivity index (χ3v) is 4.48. The average Bonchev–Trinajstić information content (AvgIpc) is 2.98. The molecule has 0 saturated heterocycles. The number of rotatable bonds is 5. The summed E-state index contributed by atoms with van der Waals surface area (Å²) in [6.45, 7) is 0. The number of amides is 1. The highest BCUT2D eigenvalue weighted by Gasteiger charge is 2.19. The van der Waals surface area contributed by atoms with Crippen molar-refractivity contribution in [2.24, 2.45) is 0 Å². The summed E-state index contributed by atoms with van der Waals surface area (Å²) in [6.07, 6.45) is 1.74. The molecule has 0 atom stereocenters. The van der Waals surface area contributed by atoms with E-state index in [2.05, 4.69) is 0 Å². The lowest BCUT2D eigenvalue weighted by Gasteiger charge is -2.07. The van der Waals surface area contributed by atoms with Gasteiger partial charge in [0.1, 0.15) is 11.8 Å². The van der Waals surface area contributed by atoms with Crippen LogP contribution in [0, 0.1) is 11.3 Å². The highest BCUT2D eigenvalue weighted by atomic mass is 35.5. The van der Waals surface area contributed by atoms with Gasteiger partial charge in [0.05, 0.1) is 21.7 Å². The number of furan rings is 1. The highest BCUT2D eigenvalue weighted by molar-refractivity contribution is 7.90. The van der Waals surface area contributed by atoms with Gasteiger partial charge in [-0.25, -0.2) is 13.1 Å². The molecular formula is C14H11ClN2O4S. The summed E-state index contributed by atoms with van der Waals surface area (Å²) in [5, 5.41) is 8.76. The van der Waals surface area contributed by atoms with E-state index >= 15 is 0 Å². The van der Waals surface area contributed by atoms with Gasteiger partial charge < -0.3 is 4.42 Å². The molecule has 0 aliphatic rings. The molecule has 1 N–H and O–H groups in total. The van der Waals surface area contributed by atoms with Crippen LogP contribution >= 0.6 is 11.6 Å². The van der Waals surface area contributed by atoms with E-state index < -0.39 is 15.9 Å². The maximum absolute atomic E-state index is 12.1. The van der Waals surface area contributed by atoms with Crippen LogP contribution in [0.3, 0.4) is 0 Å². The lowest BCUT2D eigenvalue weighted by molar-refractivity contribution is -0.119. The zero-order valence-electron chi connectivity index (χ0n) is 11.2. The Morgan fingerprint density at radius 2 is 2.14 bits per heavy atom. The van der Waals surface area contributed by atoms with Gasteiger partial charge in [-0.15, -0.1) is 0 Å². The molecule has 0 unspecified atom stereocenters. The minimum atomic E-state index is -4.02. The van der Waals surface area contributed by atoms with Crippen molar-refractivity contribution in [3.05, 3.63) is 52.9 Å². The molecule has 0 saturated carbocycles. The van der Waals surface area contributed by atoms with Crippen LogP contribution in [0.15, 0.2) is 45.9 Å². The molecule has 0 radical (unpaired) electrons.